The molecule has 0 aliphatic rings. The fourth-order valence-corrected chi connectivity index (χ4v) is 9.46. The fraction of sp³-hybridized carbons (Fsp3) is 0.0857. The SMILES string of the molecule is O=P(c1cc2ccc3cccc4ccc(c1)c2c34)(c1cc2ccc3cccc4ccc(c1)c2c34)C(F)(F)CC(F)(F)F. The molecule has 0 radical (unpaired) electrons. The van der Waals surface area contributed by atoms with Crippen LogP contribution in [0.25, 0.3) is 64.6 Å². The van der Waals surface area contributed by atoms with E-state index in [-0.39, 0.29) is 10.6 Å². The maximum absolute atomic E-state index is 16.1. The van der Waals surface area contributed by atoms with Crippen molar-refractivity contribution in [3.05, 3.63) is 109 Å². The minimum Gasteiger partial charge on any atom is -0.307 e. The second-order valence-electron chi connectivity index (χ2n) is 11.0. The van der Waals surface area contributed by atoms with Crippen molar-refractivity contribution in [2.24, 2.45) is 0 Å². The minimum atomic E-state index is -5.23. The Bertz CT molecular complexity index is 2110. The van der Waals surface area contributed by atoms with E-state index in [1.54, 1.807) is 24.3 Å². The quantitative estimate of drug-likeness (QED) is 0.115. The molecule has 0 amide bonds. The van der Waals surface area contributed by atoms with Crippen molar-refractivity contribution in [2.75, 3.05) is 0 Å². The lowest BCUT2D eigenvalue weighted by atomic mass is 9.94. The van der Waals surface area contributed by atoms with Gasteiger partial charge in [-0.05, 0) is 88.9 Å². The van der Waals surface area contributed by atoms with Crippen LogP contribution in [-0.2, 0) is 4.57 Å². The molecule has 8 aromatic rings. The maximum atomic E-state index is 16.1. The van der Waals surface area contributed by atoms with Crippen LogP contribution in [0.5, 0.6) is 0 Å². The van der Waals surface area contributed by atoms with E-state index < -0.39 is 25.4 Å². The zero-order valence-corrected chi connectivity index (χ0v) is 22.7. The average molecular weight is 583 g/mol. The van der Waals surface area contributed by atoms with Gasteiger partial charge in [0.1, 0.15) is 6.42 Å². The molecule has 0 aromatic heterocycles. The lowest BCUT2D eigenvalue weighted by molar-refractivity contribution is -0.167. The second kappa shape index (κ2) is 8.39. The Labute approximate surface area is 236 Å². The summed E-state index contributed by atoms with van der Waals surface area (Å²) in [6.07, 6.45) is -7.72. The molecule has 1 nitrogen and oxygen atoms in total. The number of benzene rings is 8. The third kappa shape index (κ3) is 3.51. The van der Waals surface area contributed by atoms with Crippen molar-refractivity contribution in [1.82, 2.24) is 0 Å². The van der Waals surface area contributed by atoms with Gasteiger partial charge in [-0.2, -0.15) is 22.0 Å². The highest BCUT2D eigenvalue weighted by Gasteiger charge is 2.58. The Kier molecular flexibility index (Phi) is 5.08. The van der Waals surface area contributed by atoms with Crippen molar-refractivity contribution in [1.29, 1.82) is 0 Å². The van der Waals surface area contributed by atoms with Gasteiger partial charge in [-0.25, -0.2) is 0 Å². The van der Waals surface area contributed by atoms with Gasteiger partial charge in [-0.1, -0.05) is 84.9 Å². The predicted octanol–water partition coefficient (Wildman–Crippen LogP) is 10.3. The van der Waals surface area contributed by atoms with Crippen LogP contribution in [0, 0.1) is 0 Å². The first-order valence-corrected chi connectivity index (χ1v) is 15.2. The molecule has 0 aliphatic carbocycles. The van der Waals surface area contributed by atoms with Gasteiger partial charge in [0.2, 0.25) is 7.14 Å². The molecule has 0 atom stereocenters. The molecule has 0 saturated heterocycles. The molecule has 0 spiro atoms. The summed E-state index contributed by atoms with van der Waals surface area (Å²) in [5.41, 5.74) is -4.59. The lowest BCUT2D eigenvalue weighted by Gasteiger charge is -2.30. The number of alkyl halides is 5. The normalized spacial score (nSPS) is 13.5. The standard InChI is InChI=1S/C35H20F5OP/c36-34(37,38)19-35(39,40)42(41,28-15-24-11-7-20-3-1-4-21-8-12-25(16-28)32(24)30(20)21)29-17-26-13-9-22-5-2-6-23-10-14-27(18-29)33(26)31(22)23/h1-18H,19H2. The second-order valence-corrected chi connectivity index (χ2v) is 13.9. The minimum absolute atomic E-state index is 0.296. The van der Waals surface area contributed by atoms with E-state index >= 15 is 8.78 Å². The average Bonchev–Trinajstić information content (AvgIpc) is 2.96. The molecule has 0 N–H and O–H groups in total. The molecule has 206 valence electrons. The lowest BCUT2D eigenvalue weighted by Crippen LogP contribution is -2.35. The summed E-state index contributed by atoms with van der Waals surface area (Å²) < 4.78 is 88.2. The number of halogens is 5. The van der Waals surface area contributed by atoms with Gasteiger partial charge in [-0.15, -0.1) is 0 Å². The predicted molar refractivity (Wildman–Crippen MR) is 163 cm³/mol. The third-order valence-electron chi connectivity index (χ3n) is 8.50. The van der Waals surface area contributed by atoms with Crippen LogP contribution in [0.3, 0.4) is 0 Å². The van der Waals surface area contributed by atoms with Crippen molar-refractivity contribution >= 4 is 82.4 Å². The van der Waals surface area contributed by atoms with E-state index in [0.29, 0.717) is 21.5 Å². The van der Waals surface area contributed by atoms with Crippen LogP contribution in [0.2, 0.25) is 0 Å². The third-order valence-corrected chi connectivity index (χ3v) is 11.5. The van der Waals surface area contributed by atoms with Gasteiger partial charge in [0.15, 0.2) is 0 Å². The molecule has 8 rings (SSSR count). The van der Waals surface area contributed by atoms with Crippen LogP contribution in [0.1, 0.15) is 6.42 Å². The van der Waals surface area contributed by atoms with E-state index in [1.165, 1.54) is 24.3 Å². The molecule has 0 heterocycles. The van der Waals surface area contributed by atoms with Crippen LogP contribution < -0.4 is 10.6 Å². The first-order chi connectivity index (χ1) is 20.0. The van der Waals surface area contributed by atoms with Crippen molar-refractivity contribution < 1.29 is 26.5 Å². The van der Waals surface area contributed by atoms with Gasteiger partial charge in [-0.3, -0.25) is 0 Å². The summed E-state index contributed by atoms with van der Waals surface area (Å²) in [5, 5.41) is 8.88. The van der Waals surface area contributed by atoms with Crippen molar-refractivity contribution in [3.63, 3.8) is 0 Å². The molecule has 0 saturated carbocycles. The van der Waals surface area contributed by atoms with Gasteiger partial charge in [0, 0.05) is 10.6 Å². The van der Waals surface area contributed by atoms with Gasteiger partial charge in [0.25, 0.3) is 0 Å². The zero-order chi connectivity index (χ0) is 29.0. The summed E-state index contributed by atoms with van der Waals surface area (Å²) in [6, 6.07) is 31.6. The van der Waals surface area contributed by atoms with Crippen LogP contribution >= 0.6 is 7.14 Å². The molecule has 0 aliphatic heterocycles. The summed E-state index contributed by atoms with van der Waals surface area (Å²) in [5.74, 6) is 0. The summed E-state index contributed by atoms with van der Waals surface area (Å²) in [7, 11) is -5.21. The van der Waals surface area contributed by atoms with Gasteiger partial charge < -0.3 is 4.57 Å². The van der Waals surface area contributed by atoms with Gasteiger partial charge >= 0.3 is 11.8 Å². The molecule has 0 fully saturated rings. The molecule has 0 unspecified atom stereocenters. The number of hydrogen-bond donors (Lipinski definition) is 0. The Balaban J connectivity index is 1.46. The number of hydrogen-bond acceptors (Lipinski definition) is 1. The topological polar surface area (TPSA) is 17.1 Å². The highest BCUT2D eigenvalue weighted by molar-refractivity contribution is 7.79. The Morgan fingerprint density at radius 3 is 1.05 bits per heavy atom. The van der Waals surface area contributed by atoms with Gasteiger partial charge in [0.05, 0.1) is 0 Å². The van der Waals surface area contributed by atoms with Crippen LogP contribution in [0.15, 0.2) is 109 Å². The van der Waals surface area contributed by atoms with E-state index in [2.05, 4.69) is 0 Å². The summed E-state index contributed by atoms with van der Waals surface area (Å²) >= 11 is 0. The van der Waals surface area contributed by atoms with E-state index in [0.717, 1.165) is 43.1 Å². The van der Waals surface area contributed by atoms with E-state index in [1.807, 2.05) is 60.7 Å². The molecule has 42 heavy (non-hydrogen) atoms. The zero-order valence-electron chi connectivity index (χ0n) is 21.8. The Hall–Kier alpha value is -4.28. The van der Waals surface area contributed by atoms with Crippen molar-refractivity contribution in [2.45, 2.75) is 18.3 Å². The van der Waals surface area contributed by atoms with E-state index in [4.69, 9.17) is 0 Å². The largest absolute Gasteiger partial charge is 0.395 e. The summed E-state index contributed by atoms with van der Waals surface area (Å²) in [6.45, 7) is 0. The first kappa shape index (κ1) is 25.4. The smallest absolute Gasteiger partial charge is 0.307 e. The maximum Gasteiger partial charge on any atom is 0.395 e. The molecule has 8 aromatic carbocycles. The molecule has 7 heteroatoms. The molecular weight excluding hydrogens is 562 g/mol. The van der Waals surface area contributed by atoms with Crippen molar-refractivity contribution in [3.8, 4) is 0 Å². The highest BCUT2D eigenvalue weighted by Crippen LogP contribution is 2.62. The fourth-order valence-electron chi connectivity index (χ4n) is 6.72. The number of rotatable bonds is 4. The highest BCUT2D eigenvalue weighted by atomic mass is 31.2. The Morgan fingerprint density at radius 1 is 0.452 bits per heavy atom. The summed E-state index contributed by atoms with van der Waals surface area (Å²) in [4.78, 5) is 0. The molecule has 0 bridgehead atoms. The first-order valence-electron chi connectivity index (χ1n) is 13.4. The molecular formula is C35H20F5OP. The van der Waals surface area contributed by atoms with E-state index in [9.17, 15) is 17.7 Å². The monoisotopic (exact) mass is 582 g/mol. The van der Waals surface area contributed by atoms with Crippen LogP contribution in [-0.4, -0.2) is 11.8 Å². The van der Waals surface area contributed by atoms with Crippen LogP contribution in [0.4, 0.5) is 22.0 Å². The Morgan fingerprint density at radius 2 is 0.738 bits per heavy atom.